The van der Waals surface area contributed by atoms with Crippen LogP contribution in [-0.4, -0.2) is 0 Å². The first kappa shape index (κ1) is 14.7. The number of hydrogen-bond donors (Lipinski definition) is 0. The van der Waals surface area contributed by atoms with Crippen molar-refractivity contribution in [2.24, 2.45) is 0 Å². The Morgan fingerprint density at radius 3 is 2.50 bits per heavy atom. The molecule has 2 aromatic carbocycles. The van der Waals surface area contributed by atoms with E-state index >= 15 is 0 Å². The SMILES string of the molecule is N#CC(c1cccs1)C1c2ccccc2C=CN1c1ccccc1. The third-order valence-corrected chi connectivity index (χ3v) is 5.34. The van der Waals surface area contributed by atoms with Gasteiger partial charge in [0.25, 0.3) is 0 Å². The summed E-state index contributed by atoms with van der Waals surface area (Å²) < 4.78 is 0. The van der Waals surface area contributed by atoms with E-state index in [4.69, 9.17) is 0 Å². The molecule has 0 N–H and O–H groups in total. The summed E-state index contributed by atoms with van der Waals surface area (Å²) in [6.07, 6.45) is 4.22. The molecular formula is C21H16N2S. The number of rotatable bonds is 3. The van der Waals surface area contributed by atoms with Crippen molar-refractivity contribution in [1.82, 2.24) is 0 Å². The third-order valence-electron chi connectivity index (χ3n) is 4.39. The van der Waals surface area contributed by atoms with E-state index in [2.05, 4.69) is 59.6 Å². The molecule has 24 heavy (non-hydrogen) atoms. The number of anilines is 1. The Kier molecular flexibility index (Phi) is 3.90. The smallest absolute Gasteiger partial charge is 0.105 e. The molecule has 0 amide bonds. The number of fused-ring (bicyclic) bond motifs is 1. The molecule has 0 fully saturated rings. The molecule has 0 spiro atoms. The first-order valence-electron chi connectivity index (χ1n) is 7.92. The molecule has 0 bridgehead atoms. The summed E-state index contributed by atoms with van der Waals surface area (Å²) in [5.41, 5.74) is 3.49. The molecule has 0 saturated heterocycles. The molecule has 0 radical (unpaired) electrons. The maximum atomic E-state index is 9.95. The zero-order valence-corrected chi connectivity index (χ0v) is 13.9. The Bertz CT molecular complexity index is 891. The molecule has 0 saturated carbocycles. The van der Waals surface area contributed by atoms with Crippen LogP contribution in [0.25, 0.3) is 6.08 Å². The summed E-state index contributed by atoms with van der Waals surface area (Å²) in [6, 6.07) is 25.2. The van der Waals surface area contributed by atoms with Gasteiger partial charge in [-0.25, -0.2) is 0 Å². The maximum absolute atomic E-state index is 9.95. The molecular weight excluding hydrogens is 312 g/mol. The highest BCUT2D eigenvalue weighted by molar-refractivity contribution is 7.10. The van der Waals surface area contributed by atoms with Crippen LogP contribution in [0, 0.1) is 11.3 Å². The second kappa shape index (κ2) is 6.35. The van der Waals surface area contributed by atoms with Crippen LogP contribution >= 0.6 is 11.3 Å². The molecule has 3 heteroatoms. The van der Waals surface area contributed by atoms with E-state index in [9.17, 15) is 5.26 Å². The van der Waals surface area contributed by atoms with E-state index in [-0.39, 0.29) is 12.0 Å². The van der Waals surface area contributed by atoms with Crippen LogP contribution in [0.3, 0.4) is 0 Å². The second-order valence-electron chi connectivity index (χ2n) is 5.75. The minimum Gasteiger partial charge on any atom is -0.339 e. The zero-order valence-electron chi connectivity index (χ0n) is 13.0. The number of hydrogen-bond acceptors (Lipinski definition) is 3. The fraction of sp³-hybridized carbons (Fsp3) is 0.0952. The fourth-order valence-corrected chi connectivity index (χ4v) is 4.08. The lowest BCUT2D eigenvalue weighted by molar-refractivity contribution is 0.632. The molecule has 3 aromatic rings. The van der Waals surface area contributed by atoms with E-state index < -0.39 is 0 Å². The monoisotopic (exact) mass is 328 g/mol. The van der Waals surface area contributed by atoms with Gasteiger partial charge in [0.15, 0.2) is 0 Å². The van der Waals surface area contributed by atoms with Gasteiger partial charge in [-0.3, -0.25) is 0 Å². The van der Waals surface area contributed by atoms with Gasteiger partial charge in [0.05, 0.1) is 12.1 Å². The quantitative estimate of drug-likeness (QED) is 0.627. The number of nitriles is 1. The molecule has 116 valence electrons. The standard InChI is InChI=1S/C21H16N2S/c22-15-19(20-11-6-14-24-20)21-18-10-5-4-7-16(18)12-13-23(21)17-8-2-1-3-9-17/h1-14,19,21H. The number of thiophene rings is 1. The van der Waals surface area contributed by atoms with Crippen molar-refractivity contribution in [3.63, 3.8) is 0 Å². The molecule has 2 atom stereocenters. The molecule has 2 unspecified atom stereocenters. The van der Waals surface area contributed by atoms with Crippen LogP contribution in [0.4, 0.5) is 5.69 Å². The highest BCUT2D eigenvalue weighted by atomic mass is 32.1. The van der Waals surface area contributed by atoms with Crippen LogP contribution in [0.2, 0.25) is 0 Å². The summed E-state index contributed by atoms with van der Waals surface area (Å²) in [5, 5.41) is 12.0. The van der Waals surface area contributed by atoms with Crippen molar-refractivity contribution >= 4 is 23.1 Å². The van der Waals surface area contributed by atoms with Gasteiger partial charge in [0.2, 0.25) is 0 Å². The van der Waals surface area contributed by atoms with Crippen LogP contribution < -0.4 is 4.90 Å². The van der Waals surface area contributed by atoms with Gasteiger partial charge in [-0.15, -0.1) is 11.3 Å². The highest BCUT2D eigenvalue weighted by Gasteiger charge is 2.33. The minimum atomic E-state index is -0.212. The third kappa shape index (κ3) is 2.51. The van der Waals surface area contributed by atoms with E-state index in [0.29, 0.717) is 0 Å². The first-order valence-corrected chi connectivity index (χ1v) is 8.80. The molecule has 4 rings (SSSR count). The molecule has 1 aliphatic heterocycles. The van der Waals surface area contributed by atoms with Gasteiger partial charge < -0.3 is 4.90 Å². The Labute approximate surface area is 145 Å². The second-order valence-corrected chi connectivity index (χ2v) is 6.73. The van der Waals surface area contributed by atoms with Crippen molar-refractivity contribution < 1.29 is 0 Å². The Hall–Kier alpha value is -2.83. The van der Waals surface area contributed by atoms with Crippen LogP contribution in [0.1, 0.15) is 28.0 Å². The summed E-state index contributed by atoms with van der Waals surface area (Å²) >= 11 is 1.65. The zero-order chi connectivity index (χ0) is 16.4. The van der Waals surface area contributed by atoms with Crippen LogP contribution in [0.5, 0.6) is 0 Å². The van der Waals surface area contributed by atoms with Crippen molar-refractivity contribution in [3.05, 3.63) is 94.3 Å². The Morgan fingerprint density at radius 1 is 0.958 bits per heavy atom. The predicted molar refractivity (Wildman–Crippen MR) is 99.8 cm³/mol. The molecule has 0 aliphatic carbocycles. The lowest BCUT2D eigenvalue weighted by Crippen LogP contribution is -2.30. The van der Waals surface area contributed by atoms with Crippen molar-refractivity contribution in [2.75, 3.05) is 4.90 Å². The van der Waals surface area contributed by atoms with E-state index in [1.54, 1.807) is 11.3 Å². The maximum Gasteiger partial charge on any atom is 0.105 e. The lowest BCUT2D eigenvalue weighted by atomic mass is 9.86. The molecule has 1 aromatic heterocycles. The van der Waals surface area contributed by atoms with Gasteiger partial charge in [-0.05, 0) is 40.8 Å². The van der Waals surface area contributed by atoms with E-state index in [1.807, 2.05) is 35.7 Å². The lowest BCUT2D eigenvalue weighted by Gasteiger charge is -2.37. The number of nitrogens with zero attached hydrogens (tertiary/aromatic N) is 2. The topological polar surface area (TPSA) is 27.0 Å². The molecule has 2 heterocycles. The fourth-order valence-electron chi connectivity index (χ4n) is 3.28. The normalized spacial score (nSPS) is 17.1. The van der Waals surface area contributed by atoms with E-state index in [0.717, 1.165) is 10.6 Å². The van der Waals surface area contributed by atoms with Gasteiger partial charge in [0.1, 0.15) is 5.92 Å². The van der Waals surface area contributed by atoms with Gasteiger partial charge in [-0.1, -0.05) is 48.5 Å². The summed E-state index contributed by atoms with van der Waals surface area (Å²) in [4.78, 5) is 3.32. The van der Waals surface area contributed by atoms with E-state index in [1.165, 1.54) is 11.1 Å². The van der Waals surface area contributed by atoms with Gasteiger partial charge >= 0.3 is 0 Å². The first-order chi connectivity index (χ1) is 11.9. The Morgan fingerprint density at radius 2 is 1.75 bits per heavy atom. The van der Waals surface area contributed by atoms with Gasteiger partial charge in [0, 0.05) is 16.8 Å². The molecule has 1 aliphatic rings. The van der Waals surface area contributed by atoms with Crippen molar-refractivity contribution in [2.45, 2.75) is 12.0 Å². The predicted octanol–water partition coefficient (Wildman–Crippen LogP) is 5.59. The Balaban J connectivity index is 1.87. The number of para-hydroxylation sites is 1. The van der Waals surface area contributed by atoms with Gasteiger partial charge in [-0.2, -0.15) is 5.26 Å². The summed E-state index contributed by atoms with van der Waals surface area (Å²) in [7, 11) is 0. The highest BCUT2D eigenvalue weighted by Crippen LogP contribution is 2.43. The average Bonchev–Trinajstić information content (AvgIpc) is 3.17. The van der Waals surface area contributed by atoms with Crippen molar-refractivity contribution in [3.8, 4) is 6.07 Å². The largest absolute Gasteiger partial charge is 0.339 e. The van der Waals surface area contributed by atoms with Crippen LogP contribution in [0.15, 0.2) is 78.3 Å². The minimum absolute atomic E-state index is 0.0303. The summed E-state index contributed by atoms with van der Waals surface area (Å²) in [5.74, 6) is -0.212. The average molecular weight is 328 g/mol. The van der Waals surface area contributed by atoms with Crippen LogP contribution in [-0.2, 0) is 0 Å². The number of benzene rings is 2. The summed E-state index contributed by atoms with van der Waals surface area (Å²) in [6.45, 7) is 0. The van der Waals surface area contributed by atoms with Crippen molar-refractivity contribution in [1.29, 1.82) is 5.26 Å². The molecule has 2 nitrogen and oxygen atoms in total.